The average Bonchev–Trinajstić information content (AvgIpc) is 3.31. The number of fused-ring (bicyclic) bond motifs is 1. The summed E-state index contributed by atoms with van der Waals surface area (Å²) in [7, 11) is 0. The van der Waals surface area contributed by atoms with Gasteiger partial charge < -0.3 is 19.5 Å². The van der Waals surface area contributed by atoms with Crippen LogP contribution in [0, 0.1) is 6.92 Å². The Kier molecular flexibility index (Phi) is 9.93. The van der Waals surface area contributed by atoms with Crippen molar-refractivity contribution < 1.29 is 33.4 Å². The van der Waals surface area contributed by atoms with E-state index in [-0.39, 0.29) is 18.0 Å². The summed E-state index contributed by atoms with van der Waals surface area (Å²) in [5, 5.41) is 4.15. The van der Waals surface area contributed by atoms with E-state index in [2.05, 4.69) is 10.3 Å². The van der Waals surface area contributed by atoms with E-state index in [4.69, 9.17) is 14.2 Å². The number of amides is 2. The molecule has 0 radical (unpaired) electrons. The Morgan fingerprint density at radius 1 is 1.18 bits per heavy atom. The number of aromatic nitrogens is 1. The molecular formula is C27H29N3O7S3. The maximum atomic E-state index is 13.3. The highest BCUT2D eigenvalue weighted by Crippen LogP contribution is 2.44. The summed E-state index contributed by atoms with van der Waals surface area (Å²) in [5.41, 5.74) is 3.53. The summed E-state index contributed by atoms with van der Waals surface area (Å²) in [6, 6.07) is 8.45. The molecule has 2 aromatic rings. The van der Waals surface area contributed by atoms with Gasteiger partial charge in [-0.15, -0.1) is 23.1 Å². The van der Waals surface area contributed by atoms with Crippen molar-refractivity contribution >= 4 is 64.9 Å². The topological polar surface area (TPSA) is 124 Å². The van der Waals surface area contributed by atoms with Gasteiger partial charge in [0.25, 0.3) is 5.91 Å². The second-order valence-corrected chi connectivity index (χ2v) is 12.1. The molecular weight excluding hydrogens is 575 g/mol. The fraction of sp³-hybridized carbons (Fsp3) is 0.370. The van der Waals surface area contributed by atoms with Crippen molar-refractivity contribution in [3.05, 3.63) is 68.0 Å². The molecule has 1 N–H and O–H groups in total. The van der Waals surface area contributed by atoms with Crippen molar-refractivity contribution in [1.29, 1.82) is 0 Å². The number of ether oxygens (including phenoxy) is 3. The van der Waals surface area contributed by atoms with E-state index in [1.54, 1.807) is 19.4 Å². The lowest BCUT2D eigenvalue weighted by atomic mass is 10.0. The molecule has 212 valence electrons. The van der Waals surface area contributed by atoms with Crippen LogP contribution < -0.4 is 5.32 Å². The monoisotopic (exact) mass is 603 g/mol. The Bertz CT molecular complexity index is 1330. The molecule has 3 atom stereocenters. The van der Waals surface area contributed by atoms with Crippen LogP contribution in [0.25, 0.3) is 6.08 Å². The maximum Gasteiger partial charge on any atom is 0.511 e. The molecule has 13 heteroatoms. The molecule has 1 unspecified atom stereocenters. The third-order valence-corrected chi connectivity index (χ3v) is 8.98. The highest BCUT2D eigenvalue weighted by Gasteiger charge is 2.54. The Morgan fingerprint density at radius 3 is 2.60 bits per heavy atom. The maximum absolute atomic E-state index is 13.3. The number of thioether (sulfide) groups is 2. The molecule has 1 aromatic heterocycles. The van der Waals surface area contributed by atoms with Gasteiger partial charge in [0.15, 0.2) is 0 Å². The average molecular weight is 604 g/mol. The summed E-state index contributed by atoms with van der Waals surface area (Å²) in [4.78, 5) is 58.2. The molecule has 0 spiro atoms. The predicted molar refractivity (Wildman–Crippen MR) is 154 cm³/mol. The third-order valence-electron chi connectivity index (χ3n) is 5.73. The first-order chi connectivity index (χ1) is 19.1. The van der Waals surface area contributed by atoms with Crippen molar-refractivity contribution in [1.82, 2.24) is 15.2 Å². The fourth-order valence-corrected chi connectivity index (χ4v) is 7.02. The van der Waals surface area contributed by atoms with Crippen molar-refractivity contribution in [2.24, 2.45) is 0 Å². The number of aryl methyl sites for hydroxylation is 1. The van der Waals surface area contributed by atoms with Crippen LogP contribution in [0.3, 0.4) is 0 Å². The van der Waals surface area contributed by atoms with Gasteiger partial charge in [-0.1, -0.05) is 42.1 Å². The Balaban J connectivity index is 1.49. The molecule has 3 heterocycles. The van der Waals surface area contributed by atoms with E-state index in [0.717, 1.165) is 16.1 Å². The van der Waals surface area contributed by atoms with Crippen molar-refractivity contribution in [2.75, 3.05) is 5.75 Å². The van der Waals surface area contributed by atoms with Crippen molar-refractivity contribution in [3.63, 3.8) is 0 Å². The highest BCUT2D eigenvalue weighted by molar-refractivity contribution is 8.08. The summed E-state index contributed by atoms with van der Waals surface area (Å²) in [5.74, 6) is -1.11. The first-order valence-corrected chi connectivity index (χ1v) is 15.3. The molecule has 2 aliphatic heterocycles. The predicted octanol–water partition coefficient (Wildman–Crippen LogP) is 4.46. The number of carbonyl (C=O) groups is 4. The van der Waals surface area contributed by atoms with Gasteiger partial charge in [-0.25, -0.2) is 14.6 Å². The first-order valence-electron chi connectivity index (χ1n) is 12.5. The van der Waals surface area contributed by atoms with Gasteiger partial charge in [-0.05, 0) is 37.8 Å². The highest BCUT2D eigenvalue weighted by atomic mass is 32.2. The summed E-state index contributed by atoms with van der Waals surface area (Å²) >= 11 is 4.23. The van der Waals surface area contributed by atoms with Crippen LogP contribution >= 0.6 is 34.9 Å². The number of rotatable bonds is 10. The number of thiazole rings is 1. The lowest BCUT2D eigenvalue weighted by molar-refractivity contribution is -0.169. The second-order valence-electron chi connectivity index (χ2n) is 9.12. The zero-order valence-electron chi connectivity index (χ0n) is 22.3. The van der Waals surface area contributed by atoms with Crippen LogP contribution in [0.2, 0.25) is 0 Å². The quantitative estimate of drug-likeness (QED) is 0.236. The van der Waals surface area contributed by atoms with Crippen molar-refractivity contribution in [3.8, 4) is 0 Å². The SMILES string of the molecule is Cc1ncsc1/C=C\SC1=C(C(=O)OC(C)OC(=O)OC(C)C)N2C(=O)[C@@H](NC(=O)Cc3ccccc3)[C@H]2SC1. The Morgan fingerprint density at radius 2 is 1.93 bits per heavy atom. The van der Waals surface area contributed by atoms with E-state index in [0.29, 0.717) is 10.7 Å². The zero-order valence-corrected chi connectivity index (χ0v) is 24.8. The van der Waals surface area contributed by atoms with E-state index in [1.165, 1.54) is 46.7 Å². The molecule has 40 heavy (non-hydrogen) atoms. The molecule has 1 saturated heterocycles. The van der Waals surface area contributed by atoms with E-state index < -0.39 is 41.8 Å². The number of hydrogen-bond acceptors (Lipinski definition) is 11. The van der Waals surface area contributed by atoms with E-state index in [9.17, 15) is 19.2 Å². The largest absolute Gasteiger partial charge is 0.511 e. The smallest absolute Gasteiger partial charge is 0.431 e. The molecule has 10 nitrogen and oxygen atoms in total. The second kappa shape index (κ2) is 13.4. The van der Waals surface area contributed by atoms with Crippen LogP contribution in [0.4, 0.5) is 4.79 Å². The molecule has 0 bridgehead atoms. The molecule has 2 aliphatic rings. The molecule has 2 amide bonds. The Hall–Kier alpha value is -3.29. The van der Waals surface area contributed by atoms with Crippen LogP contribution in [0.5, 0.6) is 0 Å². The van der Waals surface area contributed by atoms with Crippen LogP contribution in [-0.4, -0.2) is 63.4 Å². The minimum atomic E-state index is -1.25. The van der Waals surface area contributed by atoms with Crippen LogP contribution in [0.1, 0.15) is 36.9 Å². The van der Waals surface area contributed by atoms with Gasteiger partial charge in [0.2, 0.25) is 12.2 Å². The lowest BCUT2D eigenvalue weighted by Crippen LogP contribution is -2.70. The van der Waals surface area contributed by atoms with Gasteiger partial charge >= 0.3 is 12.1 Å². The van der Waals surface area contributed by atoms with Gasteiger partial charge in [0.1, 0.15) is 17.1 Å². The minimum Gasteiger partial charge on any atom is -0.431 e. The van der Waals surface area contributed by atoms with E-state index >= 15 is 0 Å². The number of β-lactam (4-membered cyclic amide) rings is 1. The van der Waals surface area contributed by atoms with Crippen molar-refractivity contribution in [2.45, 2.75) is 57.9 Å². The molecule has 4 rings (SSSR count). The number of nitrogens with one attached hydrogen (secondary N) is 1. The Labute approximate surface area is 244 Å². The molecule has 1 fully saturated rings. The third kappa shape index (κ3) is 7.26. The minimum absolute atomic E-state index is 0.0608. The van der Waals surface area contributed by atoms with Gasteiger partial charge in [-0.3, -0.25) is 14.5 Å². The fourth-order valence-electron chi connectivity index (χ4n) is 3.91. The first kappa shape index (κ1) is 29.7. The van der Waals surface area contributed by atoms with E-state index in [1.807, 2.05) is 48.7 Å². The number of nitrogens with zero attached hydrogens (tertiary/aromatic N) is 2. The number of esters is 1. The number of benzene rings is 1. The number of carbonyl (C=O) groups excluding carboxylic acids is 4. The molecule has 0 aliphatic carbocycles. The normalized spacial score (nSPS) is 19.2. The molecule has 1 aromatic carbocycles. The summed E-state index contributed by atoms with van der Waals surface area (Å²) in [6.45, 7) is 6.62. The zero-order chi connectivity index (χ0) is 28.8. The summed E-state index contributed by atoms with van der Waals surface area (Å²) in [6.07, 6.45) is -0.600. The summed E-state index contributed by atoms with van der Waals surface area (Å²) < 4.78 is 15.3. The van der Waals surface area contributed by atoms with Gasteiger partial charge in [-0.2, -0.15) is 0 Å². The van der Waals surface area contributed by atoms with Gasteiger partial charge in [0, 0.05) is 17.6 Å². The number of hydrogen-bond donors (Lipinski definition) is 1. The molecule has 0 saturated carbocycles. The van der Waals surface area contributed by atoms with Gasteiger partial charge in [0.05, 0.1) is 28.6 Å². The standard InChI is InChI=1S/C27H29N3O7S3/c1-15(2)35-27(34)37-17(4)36-26(33)23-20(38-11-10-19-16(3)28-14-40-19)13-39-25-22(24(32)30(23)25)29-21(31)12-18-8-6-5-7-9-18/h5-11,14-15,17,22,25H,12-13H2,1-4H3,(H,29,31)/b11-10-/t17?,22-,25-/m1/s1. The lowest BCUT2D eigenvalue weighted by Gasteiger charge is -2.49. The van der Waals surface area contributed by atoms with Crippen LogP contribution in [-0.2, 0) is 35.0 Å². The van der Waals surface area contributed by atoms with Crippen LogP contribution in [0.15, 0.2) is 51.9 Å².